The van der Waals surface area contributed by atoms with E-state index in [2.05, 4.69) is 30.3 Å². The molecular weight excluding hydrogens is 384 g/mol. The standard InChI is InChI=1S/C26H22N4O/c1-30-21-14-13-20(26(17-27)15-16-26)24(31-2)22(21)25(29-30)28-23(18-9-5-3-6-10-18)19-11-7-4-8-12-19/h3-14H,15-16H2,1-2H3. The first-order valence-corrected chi connectivity index (χ1v) is 10.3. The predicted molar refractivity (Wildman–Crippen MR) is 122 cm³/mol. The van der Waals surface area contributed by atoms with Gasteiger partial charge in [0.05, 0.1) is 35.2 Å². The van der Waals surface area contributed by atoms with E-state index in [4.69, 9.17) is 14.8 Å². The number of aliphatic imine (C=N–C) groups is 1. The summed E-state index contributed by atoms with van der Waals surface area (Å²) < 4.78 is 7.68. The van der Waals surface area contributed by atoms with E-state index in [-0.39, 0.29) is 0 Å². The van der Waals surface area contributed by atoms with Gasteiger partial charge in [-0.15, -0.1) is 0 Å². The van der Waals surface area contributed by atoms with Gasteiger partial charge in [0.1, 0.15) is 5.75 Å². The summed E-state index contributed by atoms with van der Waals surface area (Å²) in [6.07, 6.45) is 1.70. The van der Waals surface area contributed by atoms with Crippen molar-refractivity contribution in [3.8, 4) is 11.8 Å². The first-order chi connectivity index (χ1) is 15.2. The second-order valence-electron chi connectivity index (χ2n) is 7.87. The fourth-order valence-corrected chi connectivity index (χ4v) is 4.13. The summed E-state index contributed by atoms with van der Waals surface area (Å²) in [6, 6.07) is 26.7. The first-order valence-electron chi connectivity index (χ1n) is 10.3. The largest absolute Gasteiger partial charge is 0.496 e. The van der Waals surface area contributed by atoms with E-state index >= 15 is 0 Å². The molecule has 1 aliphatic rings. The number of benzene rings is 3. The van der Waals surface area contributed by atoms with Crippen LogP contribution in [0.25, 0.3) is 10.9 Å². The smallest absolute Gasteiger partial charge is 0.186 e. The van der Waals surface area contributed by atoms with Crippen molar-refractivity contribution in [2.75, 3.05) is 7.11 Å². The van der Waals surface area contributed by atoms with E-state index in [1.807, 2.05) is 60.3 Å². The number of ether oxygens (including phenoxy) is 1. The molecule has 1 aliphatic carbocycles. The quantitative estimate of drug-likeness (QED) is 0.422. The summed E-state index contributed by atoms with van der Waals surface area (Å²) >= 11 is 0. The summed E-state index contributed by atoms with van der Waals surface area (Å²) in [5.41, 5.74) is 4.26. The Bertz CT molecular complexity index is 1290. The van der Waals surface area contributed by atoms with Crippen LogP contribution in [-0.2, 0) is 12.5 Å². The van der Waals surface area contributed by atoms with Gasteiger partial charge in [-0.1, -0.05) is 66.7 Å². The highest BCUT2D eigenvalue weighted by atomic mass is 16.5. The van der Waals surface area contributed by atoms with Gasteiger partial charge in [0.2, 0.25) is 0 Å². The molecule has 0 unspecified atom stereocenters. The Morgan fingerprint density at radius 3 is 2.13 bits per heavy atom. The minimum absolute atomic E-state index is 0.460. The van der Waals surface area contributed by atoms with Crippen molar-refractivity contribution in [3.63, 3.8) is 0 Å². The maximum absolute atomic E-state index is 9.77. The van der Waals surface area contributed by atoms with Crippen molar-refractivity contribution in [2.24, 2.45) is 12.0 Å². The Kier molecular flexibility index (Phi) is 4.56. The predicted octanol–water partition coefficient (Wildman–Crippen LogP) is 5.31. The van der Waals surface area contributed by atoms with E-state index in [1.165, 1.54) is 0 Å². The van der Waals surface area contributed by atoms with Gasteiger partial charge < -0.3 is 4.74 Å². The number of aryl methyl sites for hydroxylation is 1. The highest BCUT2D eigenvalue weighted by Gasteiger charge is 2.47. The van der Waals surface area contributed by atoms with Gasteiger partial charge in [0.15, 0.2) is 5.82 Å². The van der Waals surface area contributed by atoms with E-state index < -0.39 is 5.41 Å². The zero-order chi connectivity index (χ0) is 21.4. The molecule has 0 aliphatic heterocycles. The number of methoxy groups -OCH3 is 1. The van der Waals surface area contributed by atoms with Crippen molar-refractivity contribution in [2.45, 2.75) is 18.3 Å². The molecule has 1 aromatic heterocycles. The third kappa shape index (κ3) is 3.17. The normalized spacial score (nSPS) is 14.1. The van der Waals surface area contributed by atoms with E-state index in [0.717, 1.165) is 46.1 Å². The van der Waals surface area contributed by atoms with E-state index in [1.54, 1.807) is 7.11 Å². The van der Waals surface area contributed by atoms with E-state index in [0.29, 0.717) is 11.6 Å². The summed E-state index contributed by atoms with van der Waals surface area (Å²) in [4.78, 5) is 5.05. The maximum Gasteiger partial charge on any atom is 0.186 e. The zero-order valence-corrected chi connectivity index (χ0v) is 17.5. The molecular formula is C26H22N4O. The van der Waals surface area contributed by atoms with Crippen molar-refractivity contribution in [1.29, 1.82) is 5.26 Å². The number of fused-ring (bicyclic) bond motifs is 1. The van der Waals surface area contributed by atoms with Crippen LogP contribution in [-0.4, -0.2) is 22.6 Å². The van der Waals surface area contributed by atoms with Gasteiger partial charge in [-0.3, -0.25) is 4.68 Å². The zero-order valence-electron chi connectivity index (χ0n) is 17.5. The molecule has 5 nitrogen and oxygen atoms in total. The Labute approximate surface area is 181 Å². The Morgan fingerprint density at radius 1 is 1.00 bits per heavy atom. The second kappa shape index (κ2) is 7.41. The van der Waals surface area contributed by atoms with Gasteiger partial charge in [-0.2, -0.15) is 10.4 Å². The van der Waals surface area contributed by atoms with Crippen molar-refractivity contribution < 1.29 is 4.74 Å². The molecule has 5 heteroatoms. The average molecular weight is 406 g/mol. The summed E-state index contributed by atoms with van der Waals surface area (Å²) in [5.74, 6) is 1.29. The first kappa shape index (κ1) is 19.1. The molecule has 1 fully saturated rings. The second-order valence-corrected chi connectivity index (χ2v) is 7.87. The Hall–Kier alpha value is -3.91. The molecule has 0 saturated heterocycles. The van der Waals surface area contributed by atoms with Crippen LogP contribution >= 0.6 is 0 Å². The topological polar surface area (TPSA) is 63.2 Å². The molecule has 0 radical (unpaired) electrons. The summed E-state index contributed by atoms with van der Waals surface area (Å²) in [5, 5.41) is 15.3. The summed E-state index contributed by atoms with van der Waals surface area (Å²) in [7, 11) is 3.56. The maximum atomic E-state index is 9.77. The lowest BCUT2D eigenvalue weighted by molar-refractivity contribution is 0.412. The minimum Gasteiger partial charge on any atom is -0.496 e. The highest BCUT2D eigenvalue weighted by molar-refractivity contribution is 6.15. The van der Waals surface area contributed by atoms with Crippen LogP contribution in [0.3, 0.4) is 0 Å². The molecule has 0 amide bonds. The molecule has 0 atom stereocenters. The van der Waals surface area contributed by atoms with Crippen LogP contribution in [0.4, 0.5) is 5.82 Å². The SMILES string of the molecule is COc1c(C2(C#N)CC2)ccc2c1c(N=C(c1ccccc1)c1ccccc1)nn2C. The third-order valence-electron chi connectivity index (χ3n) is 5.95. The van der Waals surface area contributed by atoms with Crippen LogP contribution in [0.5, 0.6) is 5.75 Å². The Morgan fingerprint density at radius 2 is 1.61 bits per heavy atom. The van der Waals surface area contributed by atoms with Crippen LogP contribution < -0.4 is 4.74 Å². The van der Waals surface area contributed by atoms with Crippen LogP contribution in [0.1, 0.15) is 29.5 Å². The van der Waals surface area contributed by atoms with Gasteiger partial charge in [0, 0.05) is 23.7 Å². The lowest BCUT2D eigenvalue weighted by atomic mass is 9.95. The number of hydrogen-bond acceptors (Lipinski definition) is 4. The fraction of sp³-hybridized carbons (Fsp3) is 0.192. The third-order valence-corrected chi connectivity index (χ3v) is 5.95. The van der Waals surface area contributed by atoms with Crippen LogP contribution in [0.15, 0.2) is 77.8 Å². The highest BCUT2D eigenvalue weighted by Crippen LogP contribution is 2.53. The lowest BCUT2D eigenvalue weighted by Crippen LogP contribution is -2.06. The number of aromatic nitrogens is 2. The number of nitrogens with zero attached hydrogens (tertiary/aromatic N) is 4. The Balaban J connectivity index is 1.78. The molecule has 0 bridgehead atoms. The monoisotopic (exact) mass is 406 g/mol. The van der Waals surface area contributed by atoms with Gasteiger partial charge in [-0.05, 0) is 18.9 Å². The molecule has 4 aromatic rings. The molecule has 1 heterocycles. The van der Waals surface area contributed by atoms with Gasteiger partial charge in [0.25, 0.3) is 0 Å². The van der Waals surface area contributed by atoms with Crippen LogP contribution in [0.2, 0.25) is 0 Å². The summed E-state index contributed by atoms with van der Waals surface area (Å²) in [6.45, 7) is 0. The van der Waals surface area contributed by atoms with Crippen molar-refractivity contribution >= 4 is 22.4 Å². The van der Waals surface area contributed by atoms with Crippen molar-refractivity contribution in [3.05, 3.63) is 89.5 Å². The molecule has 31 heavy (non-hydrogen) atoms. The molecule has 152 valence electrons. The molecule has 0 N–H and O–H groups in total. The lowest BCUT2D eigenvalue weighted by Gasteiger charge is -2.14. The van der Waals surface area contributed by atoms with Gasteiger partial charge >= 0.3 is 0 Å². The molecule has 0 spiro atoms. The number of hydrogen-bond donors (Lipinski definition) is 0. The van der Waals surface area contributed by atoms with Gasteiger partial charge in [-0.25, -0.2) is 4.99 Å². The average Bonchev–Trinajstić information content (AvgIpc) is 3.56. The fourth-order valence-electron chi connectivity index (χ4n) is 4.13. The number of nitriles is 1. The van der Waals surface area contributed by atoms with Crippen LogP contribution in [0, 0.1) is 11.3 Å². The molecule has 3 aromatic carbocycles. The van der Waals surface area contributed by atoms with Crippen molar-refractivity contribution in [1.82, 2.24) is 9.78 Å². The molecule has 1 saturated carbocycles. The molecule has 5 rings (SSSR count). The minimum atomic E-state index is -0.460. The van der Waals surface area contributed by atoms with E-state index in [9.17, 15) is 5.26 Å². The number of rotatable bonds is 5.